The van der Waals surface area contributed by atoms with Crippen LogP contribution in [0.4, 0.5) is 13.2 Å². The van der Waals surface area contributed by atoms with E-state index in [1.807, 2.05) is 0 Å². The zero-order chi connectivity index (χ0) is 24.1. The van der Waals surface area contributed by atoms with E-state index in [1.165, 1.54) is 18.3 Å². The Kier molecular flexibility index (Phi) is 11.7. The minimum Gasteiger partial charge on any atom is -0.462 e. The first-order valence-electron chi connectivity index (χ1n) is 10.6. The summed E-state index contributed by atoms with van der Waals surface area (Å²) in [5.74, 6) is -3.52. The van der Waals surface area contributed by atoms with Crippen LogP contribution >= 0.6 is 0 Å². The summed E-state index contributed by atoms with van der Waals surface area (Å²) in [7, 11) is 0. The van der Waals surface area contributed by atoms with Crippen LogP contribution in [0.15, 0.2) is 18.3 Å². The Morgan fingerprint density at radius 1 is 1.12 bits per heavy atom. The lowest BCUT2D eigenvalue weighted by Gasteiger charge is -2.23. The molecule has 0 saturated heterocycles. The number of unbranched alkanes of at least 4 members (excludes halogenated alkanes) is 1. The molecule has 0 radical (unpaired) electrons. The smallest absolute Gasteiger partial charge is 0.462 e. The number of amides is 2. The molecule has 1 N–H and O–H groups in total. The molecule has 2 amide bonds. The molecule has 1 heterocycles. The summed E-state index contributed by atoms with van der Waals surface area (Å²) in [6.07, 6.45) is -2.42. The number of carbonyl (C=O) groups excluding carboxylic acids is 3. The van der Waals surface area contributed by atoms with Crippen molar-refractivity contribution in [2.45, 2.75) is 46.3 Å². The molecule has 1 aromatic heterocycles. The first kappa shape index (κ1) is 27.3. The van der Waals surface area contributed by atoms with Crippen LogP contribution in [0.2, 0.25) is 0 Å². The number of esters is 1. The summed E-state index contributed by atoms with van der Waals surface area (Å²) in [5.41, 5.74) is 0.120. The second-order valence-corrected chi connectivity index (χ2v) is 7.00. The van der Waals surface area contributed by atoms with Gasteiger partial charge in [-0.25, -0.2) is 4.79 Å². The third-order valence-electron chi connectivity index (χ3n) is 4.66. The predicted octanol–water partition coefficient (Wildman–Crippen LogP) is 2.39. The van der Waals surface area contributed by atoms with Gasteiger partial charge in [-0.1, -0.05) is 13.8 Å². The zero-order valence-corrected chi connectivity index (χ0v) is 18.7. The van der Waals surface area contributed by atoms with Gasteiger partial charge < -0.3 is 19.9 Å². The Morgan fingerprint density at radius 2 is 1.81 bits per heavy atom. The van der Waals surface area contributed by atoms with Crippen molar-refractivity contribution in [3.8, 4) is 0 Å². The highest BCUT2D eigenvalue weighted by molar-refractivity contribution is 5.89. The van der Waals surface area contributed by atoms with Gasteiger partial charge in [0.1, 0.15) is 6.54 Å². The van der Waals surface area contributed by atoms with Crippen LogP contribution in [0.3, 0.4) is 0 Å². The molecule has 0 spiro atoms. The van der Waals surface area contributed by atoms with Crippen molar-refractivity contribution < 1.29 is 32.3 Å². The Morgan fingerprint density at radius 3 is 2.41 bits per heavy atom. The van der Waals surface area contributed by atoms with E-state index in [1.54, 1.807) is 6.92 Å². The third kappa shape index (κ3) is 9.63. The van der Waals surface area contributed by atoms with E-state index in [9.17, 15) is 27.6 Å². The number of halogens is 3. The number of alkyl halides is 3. The fourth-order valence-corrected chi connectivity index (χ4v) is 2.94. The molecule has 0 saturated carbocycles. The molecule has 0 atom stereocenters. The molecule has 1 aromatic rings. The molecule has 0 aromatic carbocycles. The number of hydrogen-bond donors (Lipinski definition) is 1. The standard InChI is InChI=1S/C21H31F3N4O4/c1-4-27(5-2)12-8-7-10-26-18(29)15-28(20(31)21(22,23)24)14-17-13-16(9-11-25-17)19(30)32-6-3/h9,11,13H,4-8,10,12,14-15H2,1-3H3,(H,26,29). The normalized spacial score (nSPS) is 11.3. The minimum atomic E-state index is -5.15. The average molecular weight is 460 g/mol. The minimum absolute atomic E-state index is 0.0279. The maximum Gasteiger partial charge on any atom is 0.471 e. The summed E-state index contributed by atoms with van der Waals surface area (Å²) < 4.78 is 44.0. The Hall–Kier alpha value is -2.69. The van der Waals surface area contributed by atoms with E-state index >= 15 is 0 Å². The zero-order valence-electron chi connectivity index (χ0n) is 18.7. The molecule has 8 nitrogen and oxygen atoms in total. The number of pyridine rings is 1. The first-order chi connectivity index (χ1) is 15.1. The molecule has 0 aliphatic heterocycles. The molecule has 0 unspecified atom stereocenters. The number of nitrogens with zero attached hydrogens (tertiary/aromatic N) is 3. The number of hydrogen-bond acceptors (Lipinski definition) is 6. The Balaban J connectivity index is 2.74. The molecule has 0 bridgehead atoms. The first-order valence-corrected chi connectivity index (χ1v) is 10.6. The highest BCUT2D eigenvalue weighted by atomic mass is 19.4. The third-order valence-corrected chi connectivity index (χ3v) is 4.66. The molecule has 0 fully saturated rings. The lowest BCUT2D eigenvalue weighted by atomic mass is 10.2. The van der Waals surface area contributed by atoms with Gasteiger partial charge in [-0.15, -0.1) is 0 Å². The molecular formula is C21H31F3N4O4. The van der Waals surface area contributed by atoms with Crippen molar-refractivity contribution in [1.29, 1.82) is 0 Å². The predicted molar refractivity (Wildman–Crippen MR) is 112 cm³/mol. The van der Waals surface area contributed by atoms with Crippen molar-refractivity contribution in [3.63, 3.8) is 0 Å². The Bertz CT molecular complexity index is 755. The van der Waals surface area contributed by atoms with Gasteiger partial charge in [0.15, 0.2) is 0 Å². The summed E-state index contributed by atoms with van der Waals surface area (Å²) in [6, 6.07) is 2.59. The van der Waals surface area contributed by atoms with Crippen molar-refractivity contribution in [2.24, 2.45) is 0 Å². The second kappa shape index (κ2) is 13.7. The van der Waals surface area contributed by atoms with E-state index in [2.05, 4.69) is 29.0 Å². The summed E-state index contributed by atoms with van der Waals surface area (Å²) in [4.78, 5) is 42.3. The van der Waals surface area contributed by atoms with Crippen molar-refractivity contribution in [3.05, 3.63) is 29.6 Å². The molecule has 180 valence electrons. The van der Waals surface area contributed by atoms with Crippen LogP contribution in [0.1, 0.15) is 49.7 Å². The van der Waals surface area contributed by atoms with Gasteiger partial charge in [-0.3, -0.25) is 14.6 Å². The Labute approximate surface area is 186 Å². The number of ether oxygens (including phenoxy) is 1. The van der Waals surface area contributed by atoms with Crippen LogP contribution in [0.25, 0.3) is 0 Å². The van der Waals surface area contributed by atoms with Gasteiger partial charge >= 0.3 is 18.1 Å². The van der Waals surface area contributed by atoms with Crippen molar-refractivity contribution in [2.75, 3.05) is 39.3 Å². The quantitative estimate of drug-likeness (QED) is 0.359. The van der Waals surface area contributed by atoms with E-state index < -0.39 is 37.0 Å². The highest BCUT2D eigenvalue weighted by Gasteiger charge is 2.43. The van der Waals surface area contributed by atoms with Gasteiger partial charge in [0, 0.05) is 12.7 Å². The number of rotatable bonds is 13. The lowest BCUT2D eigenvalue weighted by molar-refractivity contribution is -0.186. The van der Waals surface area contributed by atoms with Crippen LogP contribution < -0.4 is 5.32 Å². The van der Waals surface area contributed by atoms with Gasteiger partial charge in [-0.05, 0) is 51.5 Å². The summed E-state index contributed by atoms with van der Waals surface area (Å²) in [6.45, 7) is 7.49. The van der Waals surface area contributed by atoms with Gasteiger partial charge in [0.05, 0.1) is 24.4 Å². The summed E-state index contributed by atoms with van der Waals surface area (Å²) >= 11 is 0. The molecular weight excluding hydrogens is 429 g/mol. The SMILES string of the molecule is CCOC(=O)c1ccnc(CN(CC(=O)NCCCCN(CC)CC)C(=O)C(F)(F)F)c1. The highest BCUT2D eigenvalue weighted by Crippen LogP contribution is 2.20. The van der Waals surface area contributed by atoms with E-state index in [4.69, 9.17) is 4.74 Å². The topological polar surface area (TPSA) is 91.8 Å². The molecule has 1 rings (SSSR count). The van der Waals surface area contributed by atoms with Gasteiger partial charge in [0.25, 0.3) is 0 Å². The van der Waals surface area contributed by atoms with E-state index in [0.29, 0.717) is 17.9 Å². The molecule has 0 aliphatic rings. The fraction of sp³-hybridized carbons (Fsp3) is 0.619. The van der Waals surface area contributed by atoms with Gasteiger partial charge in [0.2, 0.25) is 5.91 Å². The number of aromatic nitrogens is 1. The second-order valence-electron chi connectivity index (χ2n) is 7.00. The molecule has 32 heavy (non-hydrogen) atoms. The summed E-state index contributed by atoms with van der Waals surface area (Å²) in [5, 5.41) is 2.55. The van der Waals surface area contributed by atoms with Crippen LogP contribution in [0.5, 0.6) is 0 Å². The number of nitrogens with one attached hydrogen (secondary N) is 1. The van der Waals surface area contributed by atoms with E-state index in [-0.39, 0.29) is 17.9 Å². The lowest BCUT2D eigenvalue weighted by Crippen LogP contribution is -2.46. The van der Waals surface area contributed by atoms with Crippen LogP contribution in [-0.2, 0) is 20.9 Å². The largest absolute Gasteiger partial charge is 0.471 e. The number of carbonyl (C=O) groups is 3. The molecule has 11 heteroatoms. The van der Waals surface area contributed by atoms with Gasteiger partial charge in [-0.2, -0.15) is 13.2 Å². The van der Waals surface area contributed by atoms with Crippen molar-refractivity contribution >= 4 is 17.8 Å². The maximum atomic E-state index is 13.0. The van der Waals surface area contributed by atoms with Crippen LogP contribution in [0, 0.1) is 0 Å². The maximum absolute atomic E-state index is 13.0. The fourth-order valence-electron chi connectivity index (χ4n) is 2.94. The molecule has 0 aliphatic carbocycles. The monoisotopic (exact) mass is 460 g/mol. The van der Waals surface area contributed by atoms with E-state index in [0.717, 1.165) is 26.1 Å². The van der Waals surface area contributed by atoms with Crippen LogP contribution in [-0.4, -0.2) is 78.1 Å². The average Bonchev–Trinajstić information content (AvgIpc) is 2.75. The van der Waals surface area contributed by atoms with Crippen molar-refractivity contribution in [1.82, 2.24) is 20.1 Å².